The van der Waals surface area contributed by atoms with Gasteiger partial charge in [0.25, 0.3) is 0 Å². The molecule has 0 aliphatic rings. The third-order valence-corrected chi connectivity index (χ3v) is 2.21. The van der Waals surface area contributed by atoms with Crippen molar-refractivity contribution in [2.24, 2.45) is 0 Å². The van der Waals surface area contributed by atoms with E-state index in [-0.39, 0.29) is 37.1 Å². The molecule has 4 nitrogen and oxygen atoms in total. The van der Waals surface area contributed by atoms with Crippen molar-refractivity contribution in [3.63, 3.8) is 0 Å². The third kappa shape index (κ3) is 5.43. The molecule has 18 heavy (non-hydrogen) atoms. The molecule has 1 N–H and O–H groups in total. The van der Waals surface area contributed by atoms with Crippen LogP contribution in [0, 0.1) is 5.82 Å². The predicted octanol–water partition coefficient (Wildman–Crippen LogP) is 1.44. The minimum Gasteiger partial charge on any atom is -0.466 e. The fraction of sp³-hybridized carbons (Fsp3) is 0.385. The van der Waals surface area contributed by atoms with Crippen LogP contribution in [0.2, 0.25) is 0 Å². The number of esters is 1. The van der Waals surface area contributed by atoms with Gasteiger partial charge in [0.2, 0.25) is 5.91 Å². The van der Waals surface area contributed by atoms with Crippen molar-refractivity contribution < 1.29 is 18.7 Å². The lowest BCUT2D eigenvalue weighted by molar-refractivity contribution is -0.143. The van der Waals surface area contributed by atoms with E-state index in [0.717, 1.165) is 0 Å². The second kappa shape index (κ2) is 7.42. The molecule has 1 amide bonds. The van der Waals surface area contributed by atoms with Gasteiger partial charge in [-0.3, -0.25) is 9.59 Å². The summed E-state index contributed by atoms with van der Waals surface area (Å²) in [5.41, 5.74) is 0.601. The fourth-order valence-corrected chi connectivity index (χ4v) is 1.43. The van der Waals surface area contributed by atoms with Crippen LogP contribution in [0.5, 0.6) is 0 Å². The van der Waals surface area contributed by atoms with E-state index in [1.54, 1.807) is 19.1 Å². The summed E-state index contributed by atoms with van der Waals surface area (Å²) >= 11 is 0. The highest BCUT2D eigenvalue weighted by atomic mass is 19.1. The second-order valence-electron chi connectivity index (χ2n) is 3.71. The Kier molecular flexibility index (Phi) is 5.84. The van der Waals surface area contributed by atoms with Gasteiger partial charge in [-0.05, 0) is 24.6 Å². The number of rotatable bonds is 6. The summed E-state index contributed by atoms with van der Waals surface area (Å²) in [7, 11) is 0. The van der Waals surface area contributed by atoms with E-state index < -0.39 is 0 Å². The zero-order valence-electron chi connectivity index (χ0n) is 10.2. The zero-order valence-corrected chi connectivity index (χ0v) is 10.2. The summed E-state index contributed by atoms with van der Waals surface area (Å²) in [6.45, 7) is 2.28. The fourth-order valence-electron chi connectivity index (χ4n) is 1.43. The number of hydrogen-bond acceptors (Lipinski definition) is 3. The number of ether oxygens (including phenoxy) is 1. The van der Waals surface area contributed by atoms with Gasteiger partial charge >= 0.3 is 5.97 Å². The van der Waals surface area contributed by atoms with Gasteiger partial charge in [-0.25, -0.2) is 4.39 Å². The van der Waals surface area contributed by atoms with Crippen molar-refractivity contribution >= 4 is 11.9 Å². The van der Waals surface area contributed by atoms with Crippen LogP contribution >= 0.6 is 0 Å². The molecule has 0 radical (unpaired) electrons. The Labute approximate surface area is 105 Å². The van der Waals surface area contributed by atoms with E-state index >= 15 is 0 Å². The monoisotopic (exact) mass is 253 g/mol. The minimum absolute atomic E-state index is 0.0978. The molecule has 0 fully saturated rings. The molecule has 0 heterocycles. The number of hydrogen-bond donors (Lipinski definition) is 1. The van der Waals surface area contributed by atoms with E-state index in [0.29, 0.717) is 12.2 Å². The Morgan fingerprint density at radius 1 is 1.39 bits per heavy atom. The highest BCUT2D eigenvalue weighted by molar-refractivity contribution is 5.79. The lowest BCUT2D eigenvalue weighted by Gasteiger charge is -2.05. The van der Waals surface area contributed by atoms with Crippen LogP contribution in [0.3, 0.4) is 0 Å². The number of halogens is 1. The number of carbonyl (C=O) groups is 2. The van der Waals surface area contributed by atoms with Gasteiger partial charge < -0.3 is 10.1 Å². The molecule has 0 aliphatic heterocycles. The van der Waals surface area contributed by atoms with Crippen LogP contribution < -0.4 is 5.32 Å². The van der Waals surface area contributed by atoms with Crippen molar-refractivity contribution in [3.05, 3.63) is 35.6 Å². The molecule has 1 rings (SSSR count). The molecule has 0 bridgehead atoms. The molecule has 5 heteroatoms. The highest BCUT2D eigenvalue weighted by Gasteiger charge is 2.06. The molecule has 1 aromatic carbocycles. The van der Waals surface area contributed by atoms with Crippen molar-refractivity contribution in [2.45, 2.75) is 19.8 Å². The van der Waals surface area contributed by atoms with Gasteiger partial charge in [-0.15, -0.1) is 0 Å². The van der Waals surface area contributed by atoms with E-state index in [9.17, 15) is 14.0 Å². The van der Waals surface area contributed by atoms with Gasteiger partial charge in [0.15, 0.2) is 0 Å². The Bertz CT molecular complexity index is 420. The summed E-state index contributed by atoms with van der Waals surface area (Å²) in [4.78, 5) is 22.5. The number of amides is 1. The molecule has 0 saturated carbocycles. The topological polar surface area (TPSA) is 55.4 Å². The maximum absolute atomic E-state index is 12.9. The van der Waals surface area contributed by atoms with Crippen LogP contribution in [-0.2, 0) is 20.7 Å². The average molecular weight is 253 g/mol. The Morgan fingerprint density at radius 2 is 2.17 bits per heavy atom. The van der Waals surface area contributed by atoms with Crippen LogP contribution in [0.4, 0.5) is 4.39 Å². The first-order valence-electron chi connectivity index (χ1n) is 5.78. The SMILES string of the molecule is CCOC(=O)CCNC(=O)Cc1cccc(F)c1. The first kappa shape index (κ1) is 14.2. The molecule has 98 valence electrons. The standard InChI is InChI=1S/C13H16FNO3/c1-2-18-13(17)6-7-15-12(16)9-10-4-3-5-11(14)8-10/h3-5,8H,2,6-7,9H2,1H3,(H,15,16). The molecular weight excluding hydrogens is 237 g/mol. The molecule has 0 atom stereocenters. The maximum Gasteiger partial charge on any atom is 0.307 e. The smallest absolute Gasteiger partial charge is 0.307 e. The number of benzene rings is 1. The van der Waals surface area contributed by atoms with E-state index in [4.69, 9.17) is 4.74 Å². The average Bonchev–Trinajstić information content (AvgIpc) is 2.29. The van der Waals surface area contributed by atoms with Crippen LogP contribution in [0.25, 0.3) is 0 Å². The summed E-state index contributed by atoms with van der Waals surface area (Å²) < 4.78 is 17.6. The molecule has 0 aliphatic carbocycles. The van der Waals surface area contributed by atoms with Gasteiger partial charge in [-0.2, -0.15) is 0 Å². The largest absolute Gasteiger partial charge is 0.466 e. The normalized spacial score (nSPS) is 9.89. The van der Waals surface area contributed by atoms with Gasteiger partial charge in [0.1, 0.15) is 5.82 Å². The van der Waals surface area contributed by atoms with Gasteiger partial charge in [0, 0.05) is 6.54 Å². The first-order valence-corrected chi connectivity index (χ1v) is 5.78. The Balaban J connectivity index is 2.28. The predicted molar refractivity (Wildman–Crippen MR) is 64.4 cm³/mol. The zero-order chi connectivity index (χ0) is 13.4. The molecule has 0 unspecified atom stereocenters. The molecule has 1 aromatic rings. The highest BCUT2D eigenvalue weighted by Crippen LogP contribution is 2.03. The summed E-state index contributed by atoms with van der Waals surface area (Å²) in [5.74, 6) is -0.958. The second-order valence-corrected chi connectivity index (χ2v) is 3.71. The lowest BCUT2D eigenvalue weighted by Crippen LogP contribution is -2.27. The number of carbonyl (C=O) groups excluding carboxylic acids is 2. The maximum atomic E-state index is 12.9. The van der Waals surface area contributed by atoms with Crippen LogP contribution in [0.1, 0.15) is 18.9 Å². The molecule has 0 spiro atoms. The van der Waals surface area contributed by atoms with Crippen molar-refractivity contribution in [1.82, 2.24) is 5.32 Å². The minimum atomic E-state index is -0.369. The van der Waals surface area contributed by atoms with Crippen molar-refractivity contribution in [3.8, 4) is 0 Å². The summed E-state index contributed by atoms with van der Waals surface area (Å²) in [6.07, 6.45) is 0.239. The molecular formula is C13H16FNO3. The molecule has 0 saturated heterocycles. The Hall–Kier alpha value is -1.91. The van der Waals surface area contributed by atoms with Gasteiger partial charge in [0.05, 0.1) is 19.4 Å². The first-order chi connectivity index (χ1) is 8.61. The van der Waals surface area contributed by atoms with E-state index in [1.807, 2.05) is 0 Å². The molecule has 0 aromatic heterocycles. The van der Waals surface area contributed by atoms with Crippen molar-refractivity contribution in [2.75, 3.05) is 13.2 Å². The Morgan fingerprint density at radius 3 is 2.83 bits per heavy atom. The quantitative estimate of drug-likeness (QED) is 0.780. The summed E-state index contributed by atoms with van der Waals surface area (Å²) in [6, 6.07) is 5.86. The van der Waals surface area contributed by atoms with Crippen LogP contribution in [0.15, 0.2) is 24.3 Å². The number of nitrogens with one attached hydrogen (secondary N) is 1. The third-order valence-electron chi connectivity index (χ3n) is 2.21. The summed E-state index contributed by atoms with van der Waals surface area (Å²) in [5, 5.41) is 2.58. The lowest BCUT2D eigenvalue weighted by atomic mass is 10.1. The van der Waals surface area contributed by atoms with E-state index in [2.05, 4.69) is 5.32 Å². The van der Waals surface area contributed by atoms with E-state index in [1.165, 1.54) is 12.1 Å². The van der Waals surface area contributed by atoms with Crippen molar-refractivity contribution in [1.29, 1.82) is 0 Å². The van der Waals surface area contributed by atoms with Gasteiger partial charge in [-0.1, -0.05) is 12.1 Å². The van der Waals surface area contributed by atoms with Crippen LogP contribution in [-0.4, -0.2) is 25.0 Å².